The number of hydrogen-bond donors (Lipinski definition) is 1. The predicted octanol–water partition coefficient (Wildman–Crippen LogP) is 3.02. The number of methoxy groups -OCH3 is 1. The number of aryl methyl sites for hydroxylation is 1. The second-order valence-electron chi connectivity index (χ2n) is 6.53. The van der Waals surface area contributed by atoms with Gasteiger partial charge in [-0.15, -0.1) is 0 Å². The molecule has 122 valence electrons. The van der Waals surface area contributed by atoms with Crippen LogP contribution in [0.3, 0.4) is 0 Å². The van der Waals surface area contributed by atoms with Gasteiger partial charge in [-0.3, -0.25) is 4.79 Å². The van der Waals surface area contributed by atoms with Crippen LogP contribution in [0.25, 0.3) is 0 Å². The molecule has 1 aromatic carbocycles. The third-order valence-electron chi connectivity index (χ3n) is 3.54. The van der Waals surface area contributed by atoms with Crippen LogP contribution in [0.15, 0.2) is 30.7 Å². The normalized spacial score (nSPS) is 11.2. The first-order valence-corrected chi connectivity index (χ1v) is 7.55. The molecule has 1 N–H and O–H groups in total. The molecule has 2 aromatic rings. The number of carbonyl (C=O) groups is 1. The SMILES string of the molecule is COc1ccc(C)cc1C(=O)NCc1cncnc1C(C)(C)C. The summed E-state index contributed by atoms with van der Waals surface area (Å²) in [5.41, 5.74) is 3.28. The van der Waals surface area contributed by atoms with E-state index in [1.54, 1.807) is 19.4 Å². The molecule has 0 saturated heterocycles. The number of aromatic nitrogens is 2. The van der Waals surface area contributed by atoms with Gasteiger partial charge < -0.3 is 10.1 Å². The maximum atomic E-state index is 12.5. The lowest BCUT2D eigenvalue weighted by molar-refractivity contribution is 0.0947. The van der Waals surface area contributed by atoms with Crippen molar-refractivity contribution in [3.05, 3.63) is 53.1 Å². The van der Waals surface area contributed by atoms with E-state index in [4.69, 9.17) is 4.74 Å². The molecule has 1 amide bonds. The van der Waals surface area contributed by atoms with Gasteiger partial charge in [0.1, 0.15) is 12.1 Å². The molecule has 1 aromatic heterocycles. The molecule has 0 saturated carbocycles. The van der Waals surface area contributed by atoms with Crippen LogP contribution in [0.1, 0.15) is 48.0 Å². The van der Waals surface area contributed by atoms with Gasteiger partial charge in [-0.05, 0) is 19.1 Å². The molecular formula is C18H23N3O2. The number of ether oxygens (including phenoxy) is 1. The molecule has 0 aliphatic heterocycles. The van der Waals surface area contributed by atoms with E-state index in [0.717, 1.165) is 16.8 Å². The van der Waals surface area contributed by atoms with E-state index in [2.05, 4.69) is 36.1 Å². The van der Waals surface area contributed by atoms with E-state index < -0.39 is 0 Å². The molecule has 5 nitrogen and oxygen atoms in total. The van der Waals surface area contributed by atoms with Crippen molar-refractivity contribution in [3.8, 4) is 5.75 Å². The Morgan fingerprint density at radius 1 is 1.30 bits per heavy atom. The number of nitrogens with one attached hydrogen (secondary N) is 1. The molecule has 5 heteroatoms. The Bertz CT molecular complexity index is 706. The number of amides is 1. The summed E-state index contributed by atoms with van der Waals surface area (Å²) in [7, 11) is 1.56. The first kappa shape index (κ1) is 16.9. The number of benzene rings is 1. The molecule has 0 aliphatic carbocycles. The third kappa shape index (κ3) is 4.06. The second kappa shape index (κ2) is 6.77. The van der Waals surface area contributed by atoms with Crippen LogP contribution in [0, 0.1) is 6.92 Å². The minimum atomic E-state index is -0.172. The van der Waals surface area contributed by atoms with Crippen molar-refractivity contribution >= 4 is 5.91 Å². The highest BCUT2D eigenvalue weighted by Crippen LogP contribution is 2.23. The van der Waals surface area contributed by atoms with Gasteiger partial charge in [0.25, 0.3) is 5.91 Å². The smallest absolute Gasteiger partial charge is 0.255 e. The lowest BCUT2D eigenvalue weighted by Gasteiger charge is -2.21. The van der Waals surface area contributed by atoms with E-state index in [1.807, 2.05) is 19.1 Å². The van der Waals surface area contributed by atoms with E-state index in [-0.39, 0.29) is 11.3 Å². The van der Waals surface area contributed by atoms with E-state index in [0.29, 0.717) is 17.9 Å². The van der Waals surface area contributed by atoms with Crippen LogP contribution in [-0.4, -0.2) is 23.0 Å². The van der Waals surface area contributed by atoms with Gasteiger partial charge in [-0.2, -0.15) is 0 Å². The van der Waals surface area contributed by atoms with Crippen LogP contribution in [0.5, 0.6) is 5.75 Å². The van der Waals surface area contributed by atoms with E-state index in [9.17, 15) is 4.79 Å². The predicted molar refractivity (Wildman–Crippen MR) is 89.6 cm³/mol. The quantitative estimate of drug-likeness (QED) is 0.942. The van der Waals surface area contributed by atoms with Gasteiger partial charge in [-0.25, -0.2) is 9.97 Å². The highest BCUT2D eigenvalue weighted by molar-refractivity contribution is 5.97. The fourth-order valence-electron chi connectivity index (χ4n) is 2.43. The highest BCUT2D eigenvalue weighted by Gasteiger charge is 2.20. The van der Waals surface area contributed by atoms with Gasteiger partial charge >= 0.3 is 0 Å². The molecule has 2 rings (SSSR count). The van der Waals surface area contributed by atoms with Crippen LogP contribution < -0.4 is 10.1 Å². The monoisotopic (exact) mass is 313 g/mol. The lowest BCUT2D eigenvalue weighted by Crippen LogP contribution is -2.26. The summed E-state index contributed by atoms with van der Waals surface area (Å²) in [5.74, 6) is 0.391. The van der Waals surface area contributed by atoms with Gasteiger partial charge in [0.2, 0.25) is 0 Å². The number of hydrogen-bond acceptors (Lipinski definition) is 4. The molecule has 0 aliphatic rings. The summed E-state index contributed by atoms with van der Waals surface area (Å²) in [5, 5.41) is 2.93. The minimum Gasteiger partial charge on any atom is -0.496 e. The largest absolute Gasteiger partial charge is 0.496 e. The standard InChI is InChI=1S/C18H23N3O2/c1-12-6-7-15(23-5)14(8-12)17(22)20-10-13-9-19-11-21-16(13)18(2,3)4/h6-9,11H,10H2,1-5H3,(H,20,22). The molecule has 1 heterocycles. The Labute approximate surface area is 137 Å². The zero-order chi connectivity index (χ0) is 17.0. The van der Waals surface area contributed by atoms with E-state index in [1.165, 1.54) is 6.33 Å². The third-order valence-corrected chi connectivity index (χ3v) is 3.54. The highest BCUT2D eigenvalue weighted by atomic mass is 16.5. The number of rotatable bonds is 4. The molecular weight excluding hydrogens is 290 g/mol. The van der Waals surface area contributed by atoms with Crippen LogP contribution in [0.2, 0.25) is 0 Å². The molecule has 0 unspecified atom stereocenters. The van der Waals surface area contributed by atoms with Crippen molar-refractivity contribution in [2.45, 2.75) is 39.7 Å². The maximum Gasteiger partial charge on any atom is 0.255 e. The topological polar surface area (TPSA) is 64.1 Å². The van der Waals surface area contributed by atoms with Crippen LogP contribution in [0.4, 0.5) is 0 Å². The Hall–Kier alpha value is -2.43. The van der Waals surface area contributed by atoms with E-state index >= 15 is 0 Å². The summed E-state index contributed by atoms with van der Waals surface area (Å²) < 4.78 is 5.27. The van der Waals surface area contributed by atoms with Gasteiger partial charge in [-0.1, -0.05) is 32.4 Å². The molecule has 0 spiro atoms. The van der Waals surface area contributed by atoms with Crippen molar-refractivity contribution in [3.63, 3.8) is 0 Å². The molecule has 0 atom stereocenters. The Morgan fingerprint density at radius 2 is 2.04 bits per heavy atom. The molecule has 23 heavy (non-hydrogen) atoms. The lowest BCUT2D eigenvalue weighted by atomic mass is 9.89. The fourth-order valence-corrected chi connectivity index (χ4v) is 2.43. The summed E-state index contributed by atoms with van der Waals surface area (Å²) in [6.45, 7) is 8.58. The van der Waals surface area contributed by atoms with Gasteiger partial charge in [0.05, 0.1) is 18.4 Å². The minimum absolute atomic E-state index is 0.107. The Kier molecular flexibility index (Phi) is 4.98. The summed E-state index contributed by atoms with van der Waals surface area (Å²) in [4.78, 5) is 20.9. The van der Waals surface area contributed by atoms with Crippen molar-refractivity contribution in [2.75, 3.05) is 7.11 Å². The number of carbonyl (C=O) groups excluding carboxylic acids is 1. The van der Waals surface area contributed by atoms with Crippen LogP contribution in [-0.2, 0) is 12.0 Å². The zero-order valence-electron chi connectivity index (χ0n) is 14.3. The first-order valence-electron chi connectivity index (χ1n) is 7.55. The Morgan fingerprint density at radius 3 is 2.70 bits per heavy atom. The maximum absolute atomic E-state index is 12.5. The zero-order valence-corrected chi connectivity index (χ0v) is 14.3. The summed E-state index contributed by atoms with van der Waals surface area (Å²) in [6, 6.07) is 5.54. The van der Waals surface area contributed by atoms with Crippen molar-refractivity contribution < 1.29 is 9.53 Å². The Balaban J connectivity index is 2.19. The molecule has 0 fully saturated rings. The van der Waals surface area contributed by atoms with Gasteiger partial charge in [0, 0.05) is 23.7 Å². The molecule has 0 radical (unpaired) electrons. The summed E-state index contributed by atoms with van der Waals surface area (Å²) in [6.07, 6.45) is 3.29. The van der Waals surface area contributed by atoms with Crippen molar-refractivity contribution in [2.24, 2.45) is 0 Å². The van der Waals surface area contributed by atoms with Crippen LogP contribution >= 0.6 is 0 Å². The van der Waals surface area contributed by atoms with Gasteiger partial charge in [0.15, 0.2) is 0 Å². The number of nitrogens with zero attached hydrogens (tertiary/aromatic N) is 2. The average Bonchev–Trinajstić information content (AvgIpc) is 2.52. The van der Waals surface area contributed by atoms with Crippen molar-refractivity contribution in [1.29, 1.82) is 0 Å². The molecule has 0 bridgehead atoms. The van der Waals surface area contributed by atoms with Crippen molar-refractivity contribution in [1.82, 2.24) is 15.3 Å². The second-order valence-corrected chi connectivity index (χ2v) is 6.53. The fraction of sp³-hybridized carbons (Fsp3) is 0.389. The summed E-state index contributed by atoms with van der Waals surface area (Å²) >= 11 is 0. The first-order chi connectivity index (χ1) is 10.8. The average molecular weight is 313 g/mol.